The number of carbonyl (C=O) groups is 1. The fraction of sp³-hybridized carbons (Fsp3) is 0.467. The van der Waals surface area contributed by atoms with Crippen LogP contribution in [-0.2, 0) is 11.3 Å². The first-order valence-electron chi connectivity index (χ1n) is 7.18. The Kier molecular flexibility index (Phi) is 3.79. The second-order valence-corrected chi connectivity index (χ2v) is 5.12. The maximum Gasteiger partial charge on any atom is 0.255 e. The van der Waals surface area contributed by atoms with Gasteiger partial charge in [-0.25, -0.2) is 4.98 Å². The van der Waals surface area contributed by atoms with Gasteiger partial charge in [0.25, 0.3) is 5.91 Å². The summed E-state index contributed by atoms with van der Waals surface area (Å²) in [5.74, 6) is 1.36. The van der Waals surface area contributed by atoms with Crippen molar-refractivity contribution in [2.75, 3.05) is 6.61 Å². The Morgan fingerprint density at radius 3 is 3.14 bits per heavy atom. The Morgan fingerprint density at radius 2 is 2.43 bits per heavy atom. The topological polar surface area (TPSA) is 69.3 Å². The Labute approximate surface area is 123 Å². The van der Waals surface area contributed by atoms with E-state index < -0.39 is 0 Å². The van der Waals surface area contributed by atoms with Crippen LogP contribution in [0.1, 0.15) is 41.4 Å². The second-order valence-electron chi connectivity index (χ2n) is 5.12. The zero-order valence-corrected chi connectivity index (χ0v) is 12.2. The van der Waals surface area contributed by atoms with Crippen LogP contribution in [0.25, 0.3) is 0 Å². The van der Waals surface area contributed by atoms with Crippen LogP contribution < -0.4 is 5.32 Å². The lowest BCUT2D eigenvalue weighted by atomic mass is 10.1. The SMILES string of the molecule is CCn1ccnc1[C@H]1OCC[C@@H]1NC(=O)c1ccoc1C. The van der Waals surface area contributed by atoms with Crippen molar-refractivity contribution in [3.05, 3.63) is 41.9 Å². The minimum absolute atomic E-state index is 0.0699. The van der Waals surface area contributed by atoms with Gasteiger partial charge in [0.15, 0.2) is 0 Å². The van der Waals surface area contributed by atoms with Crippen molar-refractivity contribution in [2.24, 2.45) is 0 Å². The number of aromatic nitrogens is 2. The van der Waals surface area contributed by atoms with E-state index in [1.807, 2.05) is 10.8 Å². The average molecular weight is 289 g/mol. The van der Waals surface area contributed by atoms with E-state index in [4.69, 9.17) is 9.15 Å². The summed E-state index contributed by atoms with van der Waals surface area (Å²) >= 11 is 0. The quantitative estimate of drug-likeness (QED) is 0.935. The number of hydrogen-bond donors (Lipinski definition) is 1. The van der Waals surface area contributed by atoms with E-state index in [0.29, 0.717) is 17.9 Å². The molecular formula is C15H19N3O3. The van der Waals surface area contributed by atoms with Crippen molar-refractivity contribution in [3.63, 3.8) is 0 Å². The average Bonchev–Trinajstić information content (AvgIpc) is 3.17. The Bertz CT molecular complexity index is 632. The van der Waals surface area contributed by atoms with Crippen LogP contribution in [0, 0.1) is 6.92 Å². The third-order valence-corrected chi connectivity index (χ3v) is 3.85. The summed E-state index contributed by atoms with van der Waals surface area (Å²) in [6.45, 7) is 5.29. The van der Waals surface area contributed by atoms with Gasteiger partial charge in [-0.3, -0.25) is 4.79 Å². The maximum atomic E-state index is 12.3. The van der Waals surface area contributed by atoms with Crippen molar-refractivity contribution in [1.29, 1.82) is 0 Å². The molecule has 2 aromatic heterocycles. The molecule has 3 heterocycles. The Hall–Kier alpha value is -2.08. The predicted molar refractivity (Wildman–Crippen MR) is 75.9 cm³/mol. The third-order valence-electron chi connectivity index (χ3n) is 3.85. The first kappa shape index (κ1) is 13.9. The molecule has 1 saturated heterocycles. The monoisotopic (exact) mass is 289 g/mol. The van der Waals surface area contributed by atoms with Crippen LogP contribution >= 0.6 is 0 Å². The molecule has 21 heavy (non-hydrogen) atoms. The largest absolute Gasteiger partial charge is 0.469 e. The molecule has 2 aromatic rings. The molecule has 0 spiro atoms. The zero-order chi connectivity index (χ0) is 14.8. The summed E-state index contributed by atoms with van der Waals surface area (Å²) in [6.07, 6.45) is 5.80. The maximum absolute atomic E-state index is 12.3. The van der Waals surface area contributed by atoms with E-state index >= 15 is 0 Å². The number of hydrogen-bond acceptors (Lipinski definition) is 4. The van der Waals surface area contributed by atoms with Crippen LogP contribution in [0.2, 0.25) is 0 Å². The lowest BCUT2D eigenvalue weighted by Gasteiger charge is -2.20. The number of amides is 1. The van der Waals surface area contributed by atoms with Crippen LogP contribution in [0.15, 0.2) is 29.1 Å². The van der Waals surface area contributed by atoms with E-state index in [9.17, 15) is 4.79 Å². The normalized spacial score (nSPS) is 21.6. The summed E-state index contributed by atoms with van der Waals surface area (Å²) in [7, 11) is 0. The molecule has 1 aliphatic heterocycles. The number of imidazole rings is 1. The van der Waals surface area contributed by atoms with Gasteiger partial charge in [-0.1, -0.05) is 0 Å². The summed E-state index contributed by atoms with van der Waals surface area (Å²) in [5.41, 5.74) is 0.569. The molecule has 1 amide bonds. The zero-order valence-electron chi connectivity index (χ0n) is 12.2. The van der Waals surface area contributed by atoms with Gasteiger partial charge in [0, 0.05) is 25.5 Å². The molecule has 0 aromatic carbocycles. The van der Waals surface area contributed by atoms with Gasteiger partial charge >= 0.3 is 0 Å². The first-order valence-corrected chi connectivity index (χ1v) is 7.18. The van der Waals surface area contributed by atoms with Gasteiger partial charge in [0.2, 0.25) is 0 Å². The number of carbonyl (C=O) groups excluding carboxylic acids is 1. The van der Waals surface area contributed by atoms with E-state index in [1.165, 1.54) is 6.26 Å². The first-order chi connectivity index (χ1) is 10.2. The molecule has 112 valence electrons. The second kappa shape index (κ2) is 5.73. The number of rotatable bonds is 4. The molecule has 0 saturated carbocycles. The molecule has 0 radical (unpaired) electrons. The van der Waals surface area contributed by atoms with Gasteiger partial charge in [-0.05, 0) is 26.3 Å². The molecule has 0 unspecified atom stereocenters. The highest BCUT2D eigenvalue weighted by Crippen LogP contribution is 2.28. The summed E-state index contributed by atoms with van der Waals surface area (Å²) in [6, 6.07) is 1.61. The summed E-state index contributed by atoms with van der Waals surface area (Å²) in [5, 5.41) is 3.03. The smallest absolute Gasteiger partial charge is 0.255 e. The lowest BCUT2D eigenvalue weighted by Crippen LogP contribution is -2.37. The van der Waals surface area contributed by atoms with E-state index in [0.717, 1.165) is 18.8 Å². The van der Waals surface area contributed by atoms with E-state index in [-0.39, 0.29) is 18.1 Å². The highest BCUT2D eigenvalue weighted by Gasteiger charge is 2.34. The number of furan rings is 1. The molecule has 6 nitrogen and oxygen atoms in total. The van der Waals surface area contributed by atoms with Crippen LogP contribution in [0.5, 0.6) is 0 Å². The van der Waals surface area contributed by atoms with Crippen LogP contribution in [0.4, 0.5) is 0 Å². The van der Waals surface area contributed by atoms with Crippen molar-refractivity contribution < 1.29 is 13.9 Å². The van der Waals surface area contributed by atoms with Crippen molar-refractivity contribution in [3.8, 4) is 0 Å². The molecule has 3 rings (SSSR count). The number of ether oxygens (including phenoxy) is 1. The number of nitrogens with zero attached hydrogens (tertiary/aromatic N) is 2. The van der Waals surface area contributed by atoms with Gasteiger partial charge in [0.05, 0.1) is 17.9 Å². The number of aryl methyl sites for hydroxylation is 2. The van der Waals surface area contributed by atoms with Crippen molar-refractivity contribution in [1.82, 2.24) is 14.9 Å². The van der Waals surface area contributed by atoms with Crippen LogP contribution in [0.3, 0.4) is 0 Å². The molecule has 0 aliphatic carbocycles. The fourth-order valence-corrected chi connectivity index (χ4v) is 2.70. The minimum atomic E-state index is -0.198. The molecule has 1 aliphatic rings. The highest BCUT2D eigenvalue weighted by atomic mass is 16.5. The number of nitrogens with one attached hydrogen (secondary N) is 1. The van der Waals surface area contributed by atoms with Crippen LogP contribution in [-0.4, -0.2) is 28.1 Å². The Morgan fingerprint density at radius 1 is 1.57 bits per heavy atom. The van der Waals surface area contributed by atoms with Gasteiger partial charge < -0.3 is 19.0 Å². The molecule has 2 atom stereocenters. The molecular weight excluding hydrogens is 270 g/mol. The Balaban J connectivity index is 1.76. The minimum Gasteiger partial charge on any atom is -0.469 e. The molecule has 0 bridgehead atoms. The van der Waals surface area contributed by atoms with Gasteiger partial charge in [-0.15, -0.1) is 0 Å². The molecule has 1 fully saturated rings. The standard InChI is InChI=1S/C15H19N3O3/c1-3-18-7-6-16-14(18)13-12(5-9-21-13)17-15(19)11-4-8-20-10(11)2/h4,6-8,12-13H,3,5,9H2,1-2H3,(H,17,19)/t12-,13-/m0/s1. The van der Waals surface area contributed by atoms with E-state index in [1.54, 1.807) is 19.2 Å². The van der Waals surface area contributed by atoms with Gasteiger partial charge in [-0.2, -0.15) is 0 Å². The summed E-state index contributed by atoms with van der Waals surface area (Å²) in [4.78, 5) is 16.7. The molecule has 1 N–H and O–H groups in total. The van der Waals surface area contributed by atoms with E-state index in [2.05, 4.69) is 17.2 Å². The van der Waals surface area contributed by atoms with Gasteiger partial charge in [0.1, 0.15) is 17.7 Å². The molecule has 6 heteroatoms. The third kappa shape index (κ3) is 2.58. The van der Waals surface area contributed by atoms with Crippen molar-refractivity contribution in [2.45, 2.75) is 39.0 Å². The summed E-state index contributed by atoms with van der Waals surface area (Å²) < 4.78 is 13.0. The van der Waals surface area contributed by atoms with Crippen molar-refractivity contribution >= 4 is 5.91 Å². The fourth-order valence-electron chi connectivity index (χ4n) is 2.70. The predicted octanol–water partition coefficient (Wildman–Crippen LogP) is 2.06. The highest BCUT2D eigenvalue weighted by molar-refractivity contribution is 5.95. The lowest BCUT2D eigenvalue weighted by molar-refractivity contribution is 0.0775.